The molecule has 0 aromatic heterocycles. The van der Waals surface area contributed by atoms with Gasteiger partial charge in [-0.05, 0) is 19.1 Å². The van der Waals surface area contributed by atoms with Gasteiger partial charge in [-0.25, -0.2) is 0 Å². The minimum absolute atomic E-state index is 0.712. The smallest absolute Gasteiger partial charge is 0.00580 e. The second kappa shape index (κ2) is 10.4. The van der Waals surface area contributed by atoms with E-state index in [-0.39, 0.29) is 0 Å². The van der Waals surface area contributed by atoms with Gasteiger partial charge in [0.15, 0.2) is 0 Å². The van der Waals surface area contributed by atoms with Gasteiger partial charge in [0, 0.05) is 18.3 Å². The fraction of sp³-hybridized carbons (Fsp3) is 1.00. The van der Waals surface area contributed by atoms with Crippen LogP contribution in [-0.4, -0.2) is 24.1 Å². The molecule has 1 atom stereocenters. The summed E-state index contributed by atoms with van der Waals surface area (Å²) >= 11 is 2.02. The number of rotatable bonds is 9. The van der Waals surface area contributed by atoms with E-state index in [2.05, 4.69) is 26.1 Å². The largest absolute Gasteiger partial charge is 0.313 e. The lowest BCUT2D eigenvalue weighted by atomic mass is 10.1. The predicted octanol–water partition coefficient (Wildman–Crippen LogP) is 3.30. The number of nitrogens with one attached hydrogen (secondary N) is 1. The summed E-state index contributed by atoms with van der Waals surface area (Å²) in [7, 11) is 0. The van der Waals surface area contributed by atoms with E-state index in [1.54, 1.807) is 0 Å². The molecule has 13 heavy (non-hydrogen) atoms. The van der Waals surface area contributed by atoms with Crippen molar-refractivity contribution in [3.05, 3.63) is 0 Å². The summed E-state index contributed by atoms with van der Waals surface area (Å²) in [5, 5.41) is 3.56. The zero-order chi connectivity index (χ0) is 9.94. The van der Waals surface area contributed by atoms with Gasteiger partial charge < -0.3 is 5.32 Å². The molecular formula is C11H25NS. The summed E-state index contributed by atoms with van der Waals surface area (Å²) in [6.07, 6.45) is 5.43. The van der Waals surface area contributed by atoms with Crippen LogP contribution in [0.15, 0.2) is 0 Å². The average Bonchev–Trinajstić information content (AvgIpc) is 2.13. The Hall–Kier alpha value is 0.310. The summed E-state index contributed by atoms with van der Waals surface area (Å²) < 4.78 is 0. The van der Waals surface area contributed by atoms with E-state index >= 15 is 0 Å². The van der Waals surface area contributed by atoms with Crippen LogP contribution in [0.3, 0.4) is 0 Å². The minimum atomic E-state index is 0.712. The maximum Gasteiger partial charge on any atom is 0.00580 e. The first-order valence-electron chi connectivity index (χ1n) is 5.62. The molecule has 0 radical (unpaired) electrons. The lowest BCUT2D eigenvalue weighted by molar-refractivity contribution is 0.502. The van der Waals surface area contributed by atoms with Crippen LogP contribution in [0.5, 0.6) is 0 Å². The van der Waals surface area contributed by atoms with Gasteiger partial charge in [-0.15, -0.1) is 0 Å². The van der Waals surface area contributed by atoms with E-state index in [1.165, 1.54) is 43.7 Å². The van der Waals surface area contributed by atoms with E-state index in [4.69, 9.17) is 0 Å². The van der Waals surface area contributed by atoms with Crippen LogP contribution in [0, 0.1) is 0 Å². The molecule has 0 fully saturated rings. The molecule has 0 aliphatic carbocycles. The Morgan fingerprint density at radius 2 is 2.00 bits per heavy atom. The molecule has 0 aliphatic heterocycles. The van der Waals surface area contributed by atoms with E-state index in [1.807, 2.05) is 11.8 Å². The van der Waals surface area contributed by atoms with Gasteiger partial charge in [-0.3, -0.25) is 0 Å². The van der Waals surface area contributed by atoms with E-state index in [0.29, 0.717) is 6.04 Å². The van der Waals surface area contributed by atoms with Crippen LogP contribution in [-0.2, 0) is 0 Å². The highest BCUT2D eigenvalue weighted by molar-refractivity contribution is 7.99. The standard InChI is InChI=1S/C11H25NS/c1-4-6-7-8-11(3)12-9-10-13-5-2/h11-12H,4-10H2,1-3H3. The normalized spacial score (nSPS) is 13.2. The number of hydrogen-bond donors (Lipinski definition) is 1. The predicted molar refractivity (Wildman–Crippen MR) is 64.6 cm³/mol. The second-order valence-corrected chi connectivity index (χ2v) is 4.94. The lowest BCUT2D eigenvalue weighted by Crippen LogP contribution is -2.28. The molecule has 1 N–H and O–H groups in total. The fourth-order valence-corrected chi connectivity index (χ4v) is 1.88. The molecule has 0 rings (SSSR count). The van der Waals surface area contributed by atoms with Crippen molar-refractivity contribution in [3.63, 3.8) is 0 Å². The molecule has 0 spiro atoms. The molecule has 0 saturated carbocycles. The van der Waals surface area contributed by atoms with Crippen LogP contribution in [0.25, 0.3) is 0 Å². The minimum Gasteiger partial charge on any atom is -0.313 e. The van der Waals surface area contributed by atoms with E-state index in [0.717, 1.165) is 0 Å². The van der Waals surface area contributed by atoms with E-state index in [9.17, 15) is 0 Å². The first-order valence-corrected chi connectivity index (χ1v) is 6.77. The lowest BCUT2D eigenvalue weighted by Gasteiger charge is -2.12. The van der Waals surface area contributed by atoms with Crippen LogP contribution < -0.4 is 5.32 Å². The average molecular weight is 203 g/mol. The number of unbranched alkanes of at least 4 members (excludes halogenated alkanes) is 2. The molecule has 1 nitrogen and oxygen atoms in total. The van der Waals surface area contributed by atoms with E-state index < -0.39 is 0 Å². The Bertz CT molecular complexity index is 96.1. The zero-order valence-corrected chi connectivity index (χ0v) is 10.3. The van der Waals surface area contributed by atoms with Crippen molar-refractivity contribution in [3.8, 4) is 0 Å². The second-order valence-electron chi connectivity index (χ2n) is 3.55. The number of hydrogen-bond acceptors (Lipinski definition) is 2. The Balaban J connectivity index is 3.05. The summed E-state index contributed by atoms with van der Waals surface area (Å²) in [6.45, 7) is 7.95. The van der Waals surface area contributed by atoms with Crippen molar-refractivity contribution in [1.29, 1.82) is 0 Å². The first kappa shape index (κ1) is 13.3. The van der Waals surface area contributed by atoms with Crippen LogP contribution in [0.2, 0.25) is 0 Å². The molecule has 0 heterocycles. The Morgan fingerprint density at radius 1 is 1.23 bits per heavy atom. The summed E-state index contributed by atoms with van der Waals surface area (Å²) in [4.78, 5) is 0. The molecule has 2 heteroatoms. The highest BCUT2D eigenvalue weighted by atomic mass is 32.2. The van der Waals surface area contributed by atoms with Crippen molar-refractivity contribution in [2.24, 2.45) is 0 Å². The summed E-state index contributed by atoms with van der Waals surface area (Å²) in [6, 6.07) is 0.712. The van der Waals surface area contributed by atoms with Crippen LogP contribution in [0.1, 0.15) is 46.5 Å². The van der Waals surface area contributed by atoms with Gasteiger partial charge in [0.2, 0.25) is 0 Å². The monoisotopic (exact) mass is 203 g/mol. The van der Waals surface area contributed by atoms with Crippen molar-refractivity contribution in [2.45, 2.75) is 52.5 Å². The highest BCUT2D eigenvalue weighted by Crippen LogP contribution is 2.03. The van der Waals surface area contributed by atoms with Gasteiger partial charge in [0.05, 0.1) is 0 Å². The molecule has 0 bridgehead atoms. The van der Waals surface area contributed by atoms with Gasteiger partial charge in [-0.2, -0.15) is 11.8 Å². The van der Waals surface area contributed by atoms with Gasteiger partial charge >= 0.3 is 0 Å². The fourth-order valence-electron chi connectivity index (χ4n) is 1.32. The molecular weight excluding hydrogens is 178 g/mol. The van der Waals surface area contributed by atoms with Crippen molar-refractivity contribution >= 4 is 11.8 Å². The number of thioether (sulfide) groups is 1. The highest BCUT2D eigenvalue weighted by Gasteiger charge is 1.99. The molecule has 0 amide bonds. The summed E-state index contributed by atoms with van der Waals surface area (Å²) in [5.41, 5.74) is 0. The topological polar surface area (TPSA) is 12.0 Å². The molecule has 80 valence electrons. The zero-order valence-electron chi connectivity index (χ0n) is 9.44. The van der Waals surface area contributed by atoms with Crippen molar-refractivity contribution < 1.29 is 0 Å². The van der Waals surface area contributed by atoms with Gasteiger partial charge in [0.25, 0.3) is 0 Å². The SMILES string of the molecule is CCCCCC(C)NCCSCC. The molecule has 0 aromatic carbocycles. The van der Waals surface area contributed by atoms with Crippen molar-refractivity contribution in [1.82, 2.24) is 5.32 Å². The first-order chi connectivity index (χ1) is 6.31. The Labute approximate surface area is 88.1 Å². The Morgan fingerprint density at radius 3 is 2.62 bits per heavy atom. The quantitative estimate of drug-likeness (QED) is 0.577. The summed E-state index contributed by atoms with van der Waals surface area (Å²) in [5.74, 6) is 2.50. The van der Waals surface area contributed by atoms with Crippen LogP contribution in [0.4, 0.5) is 0 Å². The molecule has 0 saturated heterocycles. The maximum absolute atomic E-state index is 3.56. The van der Waals surface area contributed by atoms with Gasteiger partial charge in [0.1, 0.15) is 0 Å². The molecule has 1 unspecified atom stereocenters. The third kappa shape index (κ3) is 10.2. The maximum atomic E-state index is 3.56. The third-order valence-corrected chi connectivity index (χ3v) is 3.09. The Kier molecular flexibility index (Phi) is 10.6. The van der Waals surface area contributed by atoms with Crippen molar-refractivity contribution in [2.75, 3.05) is 18.1 Å². The molecule has 0 aliphatic rings. The van der Waals surface area contributed by atoms with Gasteiger partial charge in [-0.1, -0.05) is 33.1 Å². The third-order valence-electron chi connectivity index (χ3n) is 2.18. The molecule has 0 aromatic rings. The van der Waals surface area contributed by atoms with Crippen LogP contribution >= 0.6 is 11.8 Å².